The zero-order chi connectivity index (χ0) is 23.7. The number of fused-ring (bicyclic) bond motifs is 1. The van der Waals surface area contributed by atoms with E-state index in [2.05, 4.69) is 9.97 Å². The van der Waals surface area contributed by atoms with Crippen molar-refractivity contribution in [2.24, 2.45) is 0 Å². The third-order valence-corrected chi connectivity index (χ3v) is 6.76. The number of ether oxygens (including phenoxy) is 1. The van der Waals surface area contributed by atoms with Gasteiger partial charge in [0, 0.05) is 29.4 Å². The van der Waals surface area contributed by atoms with Crippen molar-refractivity contribution in [2.45, 2.75) is 6.54 Å². The minimum absolute atomic E-state index is 0.186. The Morgan fingerprint density at radius 2 is 1.79 bits per heavy atom. The second-order valence-corrected chi connectivity index (χ2v) is 9.81. The lowest BCUT2D eigenvalue weighted by atomic mass is 10.0. The first-order valence-corrected chi connectivity index (χ1v) is 12.5. The maximum Gasteiger partial charge on any atom is 0.232 e. The molecule has 0 saturated carbocycles. The lowest BCUT2D eigenvalue weighted by molar-refractivity contribution is 0.414. The van der Waals surface area contributed by atoms with Crippen LogP contribution in [0.5, 0.6) is 5.75 Å². The van der Waals surface area contributed by atoms with Crippen LogP contribution in [0.3, 0.4) is 0 Å². The highest BCUT2D eigenvalue weighted by Gasteiger charge is 2.23. The van der Waals surface area contributed by atoms with Crippen LogP contribution in [-0.4, -0.2) is 31.8 Å². The molecule has 0 saturated heterocycles. The first kappa shape index (κ1) is 21.8. The second kappa shape index (κ2) is 8.72. The number of benzene rings is 3. The number of aromatic nitrogens is 2. The third-order valence-electron chi connectivity index (χ3n) is 5.62. The molecule has 0 unspecified atom stereocenters. The highest BCUT2D eigenvalue weighted by Crippen LogP contribution is 2.41. The summed E-state index contributed by atoms with van der Waals surface area (Å²) in [5.41, 5.74) is 3.67. The first-order chi connectivity index (χ1) is 16.4. The van der Waals surface area contributed by atoms with Crippen LogP contribution in [0.1, 0.15) is 5.56 Å². The van der Waals surface area contributed by atoms with Crippen LogP contribution in [-0.2, 0) is 16.6 Å². The summed E-state index contributed by atoms with van der Waals surface area (Å²) < 4.78 is 38.3. The van der Waals surface area contributed by atoms with Crippen LogP contribution >= 0.6 is 0 Å². The van der Waals surface area contributed by atoms with Gasteiger partial charge in [0.05, 0.1) is 31.2 Å². The molecule has 3 aromatic carbocycles. The average molecular weight is 474 g/mol. The maximum atomic E-state index is 12.7. The Balaban J connectivity index is 1.62. The van der Waals surface area contributed by atoms with Crippen molar-refractivity contribution in [3.63, 3.8) is 0 Å². The van der Waals surface area contributed by atoms with E-state index in [0.29, 0.717) is 28.6 Å². The molecule has 7 nitrogen and oxygen atoms in total. The Morgan fingerprint density at radius 1 is 1.03 bits per heavy atom. The molecule has 2 aromatic heterocycles. The number of sulfonamides is 1. The van der Waals surface area contributed by atoms with Gasteiger partial charge in [-0.15, -0.1) is 0 Å². The van der Waals surface area contributed by atoms with Gasteiger partial charge in [0.1, 0.15) is 22.9 Å². The summed E-state index contributed by atoms with van der Waals surface area (Å²) in [5, 5.41) is 0.843. The van der Waals surface area contributed by atoms with Crippen molar-refractivity contribution in [3.8, 4) is 28.5 Å². The van der Waals surface area contributed by atoms with Gasteiger partial charge in [0.2, 0.25) is 10.0 Å². The van der Waals surface area contributed by atoms with Crippen molar-refractivity contribution in [1.29, 1.82) is 0 Å². The van der Waals surface area contributed by atoms with Gasteiger partial charge in [0.15, 0.2) is 0 Å². The lowest BCUT2D eigenvalue weighted by Crippen LogP contribution is -2.29. The Kier molecular flexibility index (Phi) is 5.59. The predicted octanol–water partition coefficient (Wildman–Crippen LogP) is 5.46. The molecule has 2 heterocycles. The fraction of sp³-hybridized carbons (Fsp3) is 0.115. The number of aromatic amines is 1. The molecule has 0 radical (unpaired) electrons. The number of hydrogen-bond donors (Lipinski definition) is 1. The summed E-state index contributed by atoms with van der Waals surface area (Å²) in [4.78, 5) is 7.59. The number of nitrogens with one attached hydrogen (secondary N) is 1. The smallest absolute Gasteiger partial charge is 0.232 e. The summed E-state index contributed by atoms with van der Waals surface area (Å²) in [6, 6.07) is 22.5. The van der Waals surface area contributed by atoms with Crippen LogP contribution in [0.25, 0.3) is 33.7 Å². The van der Waals surface area contributed by atoms with Crippen molar-refractivity contribution in [1.82, 2.24) is 9.97 Å². The molecule has 0 fully saturated rings. The molecule has 8 heteroatoms. The number of hydrogen-bond acceptors (Lipinski definition) is 5. The zero-order valence-corrected chi connectivity index (χ0v) is 19.5. The maximum absolute atomic E-state index is 12.7. The van der Waals surface area contributed by atoms with Gasteiger partial charge in [-0.25, -0.2) is 13.4 Å². The molecular weight excluding hydrogens is 450 g/mol. The van der Waals surface area contributed by atoms with Crippen LogP contribution in [0.15, 0.2) is 89.6 Å². The largest absolute Gasteiger partial charge is 0.497 e. The first-order valence-electron chi connectivity index (χ1n) is 10.7. The van der Waals surface area contributed by atoms with Crippen LogP contribution in [0.4, 0.5) is 5.69 Å². The predicted molar refractivity (Wildman–Crippen MR) is 133 cm³/mol. The molecule has 5 aromatic rings. The molecule has 0 amide bonds. The Labute approximate surface area is 197 Å². The molecule has 0 bridgehead atoms. The third kappa shape index (κ3) is 4.15. The van der Waals surface area contributed by atoms with Gasteiger partial charge in [-0.1, -0.05) is 42.5 Å². The van der Waals surface area contributed by atoms with Gasteiger partial charge in [-0.2, -0.15) is 0 Å². The zero-order valence-electron chi connectivity index (χ0n) is 18.7. The molecule has 5 rings (SSSR count). The van der Waals surface area contributed by atoms with Gasteiger partial charge >= 0.3 is 0 Å². The number of furan rings is 1. The van der Waals surface area contributed by atoms with E-state index in [1.54, 1.807) is 31.6 Å². The molecule has 0 atom stereocenters. The molecule has 0 aliphatic carbocycles. The minimum Gasteiger partial charge on any atom is -0.497 e. The van der Waals surface area contributed by atoms with Crippen molar-refractivity contribution in [3.05, 3.63) is 90.8 Å². The number of anilines is 1. The Morgan fingerprint density at radius 3 is 2.44 bits per heavy atom. The Bertz CT molecular complexity index is 1520. The lowest BCUT2D eigenvalue weighted by Gasteiger charge is -2.22. The topological polar surface area (TPSA) is 88.4 Å². The summed E-state index contributed by atoms with van der Waals surface area (Å²) >= 11 is 0. The molecular formula is C26H23N3O4S. The van der Waals surface area contributed by atoms with Gasteiger partial charge in [-0.3, -0.25) is 4.31 Å². The number of imidazole rings is 1. The van der Waals surface area contributed by atoms with E-state index < -0.39 is 10.0 Å². The second-order valence-electron chi connectivity index (χ2n) is 7.91. The van der Waals surface area contributed by atoms with E-state index in [4.69, 9.17) is 9.15 Å². The summed E-state index contributed by atoms with van der Waals surface area (Å²) in [6.07, 6.45) is 4.65. The van der Waals surface area contributed by atoms with Gasteiger partial charge in [0.25, 0.3) is 0 Å². The summed E-state index contributed by atoms with van der Waals surface area (Å²) in [6.45, 7) is 0.186. The fourth-order valence-electron chi connectivity index (χ4n) is 3.97. The standard InChI is InChI=1S/C26H23N3O4S/c1-32-21-11-8-18(9-12-21)17-29(34(2,30)31)20-10-13-22-23(16-20)33-25(19-6-4-3-5-7-19)24(22)26-27-14-15-28-26/h3-16H,17H2,1-2H3,(H,27,28). The van der Waals surface area contributed by atoms with E-state index in [1.165, 1.54) is 10.6 Å². The fourth-order valence-corrected chi connectivity index (χ4v) is 4.85. The highest BCUT2D eigenvalue weighted by atomic mass is 32.2. The van der Waals surface area contributed by atoms with E-state index in [-0.39, 0.29) is 6.54 Å². The number of nitrogens with zero attached hydrogens (tertiary/aromatic N) is 2. The minimum atomic E-state index is -3.56. The van der Waals surface area contributed by atoms with Gasteiger partial charge in [-0.05, 0) is 29.8 Å². The van der Waals surface area contributed by atoms with E-state index in [9.17, 15) is 8.42 Å². The van der Waals surface area contributed by atoms with Crippen LogP contribution in [0.2, 0.25) is 0 Å². The number of methoxy groups -OCH3 is 1. The van der Waals surface area contributed by atoms with Crippen LogP contribution in [0, 0.1) is 0 Å². The molecule has 1 N–H and O–H groups in total. The highest BCUT2D eigenvalue weighted by molar-refractivity contribution is 7.92. The van der Waals surface area contributed by atoms with Crippen LogP contribution < -0.4 is 9.04 Å². The molecule has 34 heavy (non-hydrogen) atoms. The van der Waals surface area contributed by atoms with Crippen molar-refractivity contribution >= 4 is 26.7 Å². The van der Waals surface area contributed by atoms with Crippen molar-refractivity contribution in [2.75, 3.05) is 17.7 Å². The average Bonchev–Trinajstić information content (AvgIpc) is 3.50. The number of H-pyrrole nitrogens is 1. The van der Waals surface area contributed by atoms with Gasteiger partial charge < -0.3 is 14.1 Å². The quantitative estimate of drug-likeness (QED) is 0.339. The van der Waals surface area contributed by atoms with E-state index in [1.807, 2.05) is 60.7 Å². The van der Waals surface area contributed by atoms with E-state index in [0.717, 1.165) is 22.1 Å². The van der Waals surface area contributed by atoms with E-state index >= 15 is 0 Å². The summed E-state index contributed by atoms with van der Waals surface area (Å²) in [5.74, 6) is 2.07. The SMILES string of the molecule is COc1ccc(CN(c2ccc3c(-c4ncc[nH]4)c(-c4ccccc4)oc3c2)S(C)(=O)=O)cc1. The summed E-state index contributed by atoms with van der Waals surface area (Å²) in [7, 11) is -1.96. The number of rotatable bonds is 7. The molecule has 0 aliphatic rings. The molecule has 0 spiro atoms. The molecule has 172 valence electrons. The normalized spacial score (nSPS) is 11.6. The molecule has 0 aliphatic heterocycles. The van der Waals surface area contributed by atoms with Crippen molar-refractivity contribution < 1.29 is 17.6 Å². The monoisotopic (exact) mass is 473 g/mol. The Hall–Kier alpha value is -4.04.